The van der Waals surface area contributed by atoms with Gasteiger partial charge in [-0.1, -0.05) is 183 Å². The third kappa shape index (κ3) is 39.8. The van der Waals surface area contributed by atoms with Gasteiger partial charge in [0.1, 0.15) is 6.10 Å². The van der Waals surface area contributed by atoms with E-state index in [4.69, 9.17) is 9.84 Å². The summed E-state index contributed by atoms with van der Waals surface area (Å²) in [5.74, 6) is -0.846. The van der Waals surface area contributed by atoms with Gasteiger partial charge in [-0.3, -0.25) is 9.59 Å². The van der Waals surface area contributed by atoms with Crippen molar-refractivity contribution in [3.05, 3.63) is 72.9 Å². The molecule has 286 valence electrons. The van der Waals surface area contributed by atoms with Gasteiger partial charge < -0.3 is 9.84 Å². The van der Waals surface area contributed by atoms with Gasteiger partial charge in [0, 0.05) is 12.8 Å². The van der Waals surface area contributed by atoms with Crippen LogP contribution in [0.1, 0.15) is 200 Å². The summed E-state index contributed by atoms with van der Waals surface area (Å²) in [5, 5.41) is 8.91. The molecule has 4 heteroatoms. The van der Waals surface area contributed by atoms with E-state index in [0.29, 0.717) is 19.3 Å². The number of rotatable bonds is 37. The van der Waals surface area contributed by atoms with Crippen molar-refractivity contribution in [1.29, 1.82) is 0 Å². The van der Waals surface area contributed by atoms with Crippen LogP contribution in [0.3, 0.4) is 0 Å². The molecule has 0 radical (unpaired) electrons. The molecule has 0 rings (SSSR count). The summed E-state index contributed by atoms with van der Waals surface area (Å²) < 4.78 is 5.91. The van der Waals surface area contributed by atoms with E-state index in [1.54, 1.807) is 0 Å². The van der Waals surface area contributed by atoms with E-state index in [2.05, 4.69) is 86.8 Å². The van der Waals surface area contributed by atoms with Crippen molar-refractivity contribution in [2.75, 3.05) is 0 Å². The topological polar surface area (TPSA) is 63.6 Å². The van der Waals surface area contributed by atoms with Crippen LogP contribution < -0.4 is 0 Å². The summed E-state index contributed by atoms with van der Waals surface area (Å²) in [6, 6.07) is 0. The molecule has 1 unspecified atom stereocenters. The van der Waals surface area contributed by atoms with Crippen molar-refractivity contribution < 1.29 is 19.4 Å². The van der Waals surface area contributed by atoms with Crippen LogP contribution in [0.5, 0.6) is 0 Å². The Balaban J connectivity index is 4.09. The van der Waals surface area contributed by atoms with Gasteiger partial charge in [0.15, 0.2) is 0 Å². The number of carbonyl (C=O) groups excluding carboxylic acids is 1. The molecule has 0 bridgehead atoms. The SMILES string of the molecule is CC/C=C\C/C=C\C/C=C\C/C=C\C/C=C\C/C=C\CCC(=O)OC(CCCCCCCCCCCCCCCCC)CCCCCC(=O)O. The number of esters is 1. The first kappa shape index (κ1) is 47.4. The molecule has 0 aliphatic rings. The van der Waals surface area contributed by atoms with Crippen LogP contribution >= 0.6 is 0 Å². The Hall–Kier alpha value is -2.62. The molecule has 0 saturated heterocycles. The fourth-order valence-corrected chi connectivity index (χ4v) is 5.92. The first-order valence-electron chi connectivity index (χ1n) is 20.9. The molecule has 0 saturated carbocycles. The van der Waals surface area contributed by atoms with Gasteiger partial charge in [0.05, 0.1) is 0 Å². The average molecular weight is 695 g/mol. The monoisotopic (exact) mass is 695 g/mol. The van der Waals surface area contributed by atoms with Crippen LogP contribution in [-0.2, 0) is 14.3 Å². The summed E-state index contributed by atoms with van der Waals surface area (Å²) in [6.07, 6.45) is 57.8. The molecular formula is C46H78O4. The van der Waals surface area contributed by atoms with Crippen molar-refractivity contribution in [2.45, 2.75) is 206 Å². The van der Waals surface area contributed by atoms with Crippen LogP contribution in [0.2, 0.25) is 0 Å². The Morgan fingerprint density at radius 2 is 0.820 bits per heavy atom. The molecule has 1 N–H and O–H groups in total. The maximum Gasteiger partial charge on any atom is 0.306 e. The molecule has 0 spiro atoms. The zero-order chi connectivity index (χ0) is 36.4. The summed E-state index contributed by atoms with van der Waals surface area (Å²) in [7, 11) is 0. The summed E-state index contributed by atoms with van der Waals surface area (Å²) in [4.78, 5) is 23.4. The fraction of sp³-hybridized carbons (Fsp3) is 0.696. The standard InChI is InChI=1S/C46H78O4/c1-3-5-7-9-11-13-15-17-19-20-21-22-24-26-28-30-32-34-39-43-46(49)50-44(41-37-35-38-42-45(47)48)40-36-33-31-29-27-25-23-18-16-14-12-10-8-6-4-2/h5,7,11,13,17,19,21-22,26,28,32,34,44H,3-4,6,8-10,12,14-16,18,20,23-25,27,29-31,33,35-43H2,1-2H3,(H,47,48)/b7-5-,13-11-,19-17-,22-21-,28-26-,34-32-. The number of unbranched alkanes of at least 4 members (excludes halogenated alkanes) is 16. The van der Waals surface area contributed by atoms with Crippen LogP contribution in [0.15, 0.2) is 72.9 Å². The minimum absolute atomic E-state index is 0.0421. The number of carboxylic acid groups (broad SMARTS) is 1. The first-order chi connectivity index (χ1) is 24.6. The lowest BCUT2D eigenvalue weighted by atomic mass is 10.0. The molecule has 0 amide bonds. The number of allylic oxidation sites excluding steroid dienone is 12. The van der Waals surface area contributed by atoms with Gasteiger partial charge in [-0.2, -0.15) is 0 Å². The Bertz CT molecular complexity index is 922. The maximum atomic E-state index is 12.6. The minimum Gasteiger partial charge on any atom is -0.481 e. The predicted molar refractivity (Wildman–Crippen MR) is 218 cm³/mol. The van der Waals surface area contributed by atoms with Gasteiger partial charge in [0.2, 0.25) is 0 Å². The van der Waals surface area contributed by atoms with Gasteiger partial charge in [-0.05, 0) is 77.0 Å². The third-order valence-corrected chi connectivity index (χ3v) is 8.96. The third-order valence-electron chi connectivity index (χ3n) is 8.96. The second kappa shape index (κ2) is 40.8. The lowest BCUT2D eigenvalue weighted by Gasteiger charge is -2.18. The van der Waals surface area contributed by atoms with E-state index in [1.165, 1.54) is 89.9 Å². The van der Waals surface area contributed by atoms with Crippen molar-refractivity contribution in [3.8, 4) is 0 Å². The molecule has 0 aliphatic carbocycles. The predicted octanol–water partition coefficient (Wildman–Crippen LogP) is 14.7. The number of hydrogen-bond donors (Lipinski definition) is 1. The summed E-state index contributed by atoms with van der Waals surface area (Å²) >= 11 is 0. The molecule has 50 heavy (non-hydrogen) atoms. The Kier molecular flexibility index (Phi) is 38.7. The smallest absolute Gasteiger partial charge is 0.306 e. The highest BCUT2D eigenvalue weighted by molar-refractivity contribution is 5.69. The minimum atomic E-state index is -0.736. The second-order valence-electron chi connectivity index (χ2n) is 13.8. The number of aliphatic carboxylic acids is 1. The fourth-order valence-electron chi connectivity index (χ4n) is 5.92. The molecule has 0 aromatic rings. The first-order valence-corrected chi connectivity index (χ1v) is 20.9. The zero-order valence-electron chi connectivity index (χ0n) is 32.7. The Morgan fingerprint density at radius 3 is 1.22 bits per heavy atom. The van der Waals surface area contributed by atoms with Crippen molar-refractivity contribution >= 4 is 11.9 Å². The summed E-state index contributed by atoms with van der Waals surface area (Å²) in [6.45, 7) is 4.43. The van der Waals surface area contributed by atoms with Gasteiger partial charge >= 0.3 is 11.9 Å². The highest BCUT2D eigenvalue weighted by Gasteiger charge is 2.14. The molecule has 0 aromatic heterocycles. The zero-order valence-corrected chi connectivity index (χ0v) is 32.7. The Morgan fingerprint density at radius 1 is 0.460 bits per heavy atom. The lowest BCUT2D eigenvalue weighted by Crippen LogP contribution is -2.18. The molecule has 4 nitrogen and oxygen atoms in total. The number of carboxylic acids is 1. The quantitative estimate of drug-likeness (QED) is 0.0399. The van der Waals surface area contributed by atoms with E-state index in [1.807, 2.05) is 0 Å². The number of carbonyl (C=O) groups is 2. The molecule has 0 aromatic carbocycles. The van der Waals surface area contributed by atoms with E-state index in [0.717, 1.165) is 70.6 Å². The van der Waals surface area contributed by atoms with Crippen molar-refractivity contribution in [3.63, 3.8) is 0 Å². The highest BCUT2D eigenvalue weighted by Crippen LogP contribution is 2.18. The van der Waals surface area contributed by atoms with Gasteiger partial charge in [0.25, 0.3) is 0 Å². The summed E-state index contributed by atoms with van der Waals surface area (Å²) in [5.41, 5.74) is 0. The lowest BCUT2D eigenvalue weighted by molar-refractivity contribution is -0.149. The second-order valence-corrected chi connectivity index (χ2v) is 13.8. The van der Waals surface area contributed by atoms with Gasteiger partial charge in [-0.25, -0.2) is 0 Å². The van der Waals surface area contributed by atoms with Crippen molar-refractivity contribution in [1.82, 2.24) is 0 Å². The van der Waals surface area contributed by atoms with Crippen LogP contribution in [-0.4, -0.2) is 23.1 Å². The van der Waals surface area contributed by atoms with E-state index >= 15 is 0 Å². The van der Waals surface area contributed by atoms with Crippen molar-refractivity contribution in [2.24, 2.45) is 0 Å². The van der Waals surface area contributed by atoms with Crippen LogP contribution in [0, 0.1) is 0 Å². The number of ether oxygens (including phenoxy) is 1. The molecule has 0 fully saturated rings. The highest BCUT2D eigenvalue weighted by atomic mass is 16.5. The molecule has 0 aliphatic heterocycles. The Labute approximate surface area is 309 Å². The van der Waals surface area contributed by atoms with E-state index < -0.39 is 5.97 Å². The average Bonchev–Trinajstić information content (AvgIpc) is 3.10. The largest absolute Gasteiger partial charge is 0.481 e. The van der Waals surface area contributed by atoms with E-state index in [9.17, 15) is 9.59 Å². The molecule has 1 atom stereocenters. The van der Waals surface area contributed by atoms with Crippen LogP contribution in [0.4, 0.5) is 0 Å². The van der Waals surface area contributed by atoms with Gasteiger partial charge in [-0.15, -0.1) is 0 Å². The number of hydrogen-bond acceptors (Lipinski definition) is 3. The maximum absolute atomic E-state index is 12.6. The van der Waals surface area contributed by atoms with E-state index in [-0.39, 0.29) is 18.5 Å². The molecule has 0 heterocycles. The van der Waals surface area contributed by atoms with Crippen LogP contribution in [0.25, 0.3) is 0 Å². The molecular weight excluding hydrogens is 617 g/mol. The normalized spacial score (nSPS) is 13.0.